The molecule has 1 aliphatic carbocycles. The van der Waals surface area contributed by atoms with Gasteiger partial charge in [-0.15, -0.1) is 11.3 Å². The molecular weight excluding hydrogens is 232 g/mol. The fourth-order valence-corrected chi connectivity index (χ4v) is 2.82. The molecule has 0 radical (unpaired) electrons. The Hall–Kier alpha value is -0.870. The first-order valence-electron chi connectivity index (χ1n) is 6.15. The topological polar surface area (TPSA) is 46.3 Å². The van der Waals surface area contributed by atoms with Crippen molar-refractivity contribution in [2.24, 2.45) is 5.73 Å². The van der Waals surface area contributed by atoms with E-state index in [1.54, 1.807) is 11.3 Å². The van der Waals surface area contributed by atoms with E-state index >= 15 is 0 Å². The average molecular weight is 252 g/mol. The molecule has 1 heterocycles. The number of carbonyl (C=O) groups excluding carboxylic acids is 1. The third-order valence-electron chi connectivity index (χ3n) is 3.46. The summed E-state index contributed by atoms with van der Waals surface area (Å²) in [5.41, 5.74) is 5.54. The molecule has 94 valence electrons. The molecule has 2 rings (SSSR count). The minimum absolute atomic E-state index is 0.118. The van der Waals surface area contributed by atoms with Crippen LogP contribution in [0.4, 0.5) is 0 Å². The standard InChI is InChI=1S/C13H20N2OS/c1-10(2)15(9-11-5-3-8-17-11)12(16)13(14)6-4-7-13/h3,5,8,10H,4,6-7,9,14H2,1-2H3. The molecule has 17 heavy (non-hydrogen) atoms. The molecule has 1 aliphatic rings. The molecule has 3 nitrogen and oxygen atoms in total. The molecule has 1 aromatic rings. The van der Waals surface area contributed by atoms with Crippen LogP contribution in [-0.2, 0) is 11.3 Å². The molecule has 0 unspecified atom stereocenters. The van der Waals surface area contributed by atoms with Gasteiger partial charge in [-0.05, 0) is 44.6 Å². The summed E-state index contributed by atoms with van der Waals surface area (Å²) in [6, 6.07) is 4.28. The van der Waals surface area contributed by atoms with E-state index in [4.69, 9.17) is 5.73 Å². The zero-order chi connectivity index (χ0) is 12.5. The van der Waals surface area contributed by atoms with E-state index in [0.717, 1.165) is 19.3 Å². The van der Waals surface area contributed by atoms with Gasteiger partial charge in [0, 0.05) is 10.9 Å². The summed E-state index contributed by atoms with van der Waals surface area (Å²) >= 11 is 1.69. The van der Waals surface area contributed by atoms with Gasteiger partial charge in [-0.1, -0.05) is 6.07 Å². The molecule has 0 saturated heterocycles. The maximum absolute atomic E-state index is 12.4. The number of nitrogens with two attached hydrogens (primary N) is 1. The van der Waals surface area contributed by atoms with Crippen LogP contribution in [0.2, 0.25) is 0 Å². The van der Waals surface area contributed by atoms with Crippen LogP contribution < -0.4 is 5.73 Å². The predicted octanol–water partition coefficient (Wildman–Crippen LogP) is 2.37. The van der Waals surface area contributed by atoms with Gasteiger partial charge in [0.15, 0.2) is 0 Å². The van der Waals surface area contributed by atoms with Crippen molar-refractivity contribution in [1.29, 1.82) is 0 Å². The SMILES string of the molecule is CC(C)N(Cc1cccs1)C(=O)C1(N)CCC1. The molecule has 0 aliphatic heterocycles. The van der Waals surface area contributed by atoms with Crippen molar-refractivity contribution in [2.75, 3.05) is 0 Å². The molecule has 1 saturated carbocycles. The Balaban J connectivity index is 2.09. The normalized spacial score (nSPS) is 17.9. The van der Waals surface area contributed by atoms with Gasteiger partial charge >= 0.3 is 0 Å². The van der Waals surface area contributed by atoms with Gasteiger partial charge in [0.2, 0.25) is 5.91 Å². The van der Waals surface area contributed by atoms with Crippen molar-refractivity contribution < 1.29 is 4.79 Å². The van der Waals surface area contributed by atoms with E-state index in [2.05, 4.69) is 6.07 Å². The number of rotatable bonds is 4. The number of nitrogens with zero attached hydrogens (tertiary/aromatic N) is 1. The van der Waals surface area contributed by atoms with Gasteiger partial charge in [-0.2, -0.15) is 0 Å². The molecule has 4 heteroatoms. The lowest BCUT2D eigenvalue weighted by Gasteiger charge is -2.41. The van der Waals surface area contributed by atoms with Crippen LogP contribution in [0.25, 0.3) is 0 Å². The highest BCUT2D eigenvalue weighted by atomic mass is 32.1. The second kappa shape index (κ2) is 4.78. The monoisotopic (exact) mass is 252 g/mol. The lowest BCUT2D eigenvalue weighted by Crippen LogP contribution is -2.60. The molecule has 1 amide bonds. The lowest BCUT2D eigenvalue weighted by molar-refractivity contribution is -0.142. The Kier molecular flexibility index (Phi) is 3.54. The van der Waals surface area contributed by atoms with Gasteiger partial charge in [-0.3, -0.25) is 4.79 Å². The first-order chi connectivity index (χ1) is 8.03. The zero-order valence-electron chi connectivity index (χ0n) is 10.5. The molecule has 1 fully saturated rings. The smallest absolute Gasteiger partial charge is 0.243 e. The van der Waals surface area contributed by atoms with Gasteiger partial charge in [0.05, 0.1) is 12.1 Å². The Bertz CT molecular complexity index is 382. The largest absolute Gasteiger partial charge is 0.334 e. The van der Waals surface area contributed by atoms with E-state index < -0.39 is 5.54 Å². The van der Waals surface area contributed by atoms with Gasteiger partial charge in [0.1, 0.15) is 0 Å². The molecule has 0 aromatic carbocycles. The van der Waals surface area contributed by atoms with Crippen molar-refractivity contribution in [3.05, 3.63) is 22.4 Å². The van der Waals surface area contributed by atoms with Gasteiger partial charge < -0.3 is 10.6 Å². The summed E-state index contributed by atoms with van der Waals surface area (Å²) in [6.07, 6.45) is 2.74. The Labute approximate surface area is 107 Å². The van der Waals surface area contributed by atoms with Crippen LogP contribution in [-0.4, -0.2) is 22.4 Å². The number of amides is 1. The van der Waals surface area contributed by atoms with Crippen molar-refractivity contribution in [3.63, 3.8) is 0 Å². The molecular formula is C13H20N2OS. The van der Waals surface area contributed by atoms with Crippen LogP contribution in [0.1, 0.15) is 38.0 Å². The summed E-state index contributed by atoms with van der Waals surface area (Å²) in [5.74, 6) is 0.118. The Morgan fingerprint density at radius 1 is 1.59 bits per heavy atom. The summed E-state index contributed by atoms with van der Waals surface area (Å²) in [7, 11) is 0. The number of thiophene rings is 1. The highest BCUT2D eigenvalue weighted by Gasteiger charge is 2.43. The molecule has 1 aromatic heterocycles. The van der Waals surface area contributed by atoms with E-state index in [-0.39, 0.29) is 11.9 Å². The minimum Gasteiger partial charge on any atom is -0.334 e. The van der Waals surface area contributed by atoms with E-state index in [0.29, 0.717) is 6.54 Å². The summed E-state index contributed by atoms with van der Waals surface area (Å²) in [6.45, 7) is 4.79. The maximum Gasteiger partial charge on any atom is 0.243 e. The maximum atomic E-state index is 12.4. The average Bonchev–Trinajstić information content (AvgIpc) is 2.73. The van der Waals surface area contributed by atoms with Gasteiger partial charge in [0.25, 0.3) is 0 Å². The van der Waals surface area contributed by atoms with Gasteiger partial charge in [-0.25, -0.2) is 0 Å². The van der Waals surface area contributed by atoms with Crippen molar-refractivity contribution >= 4 is 17.2 Å². The van der Waals surface area contributed by atoms with Crippen LogP contribution >= 0.6 is 11.3 Å². The van der Waals surface area contributed by atoms with Crippen LogP contribution in [0, 0.1) is 0 Å². The van der Waals surface area contributed by atoms with Crippen LogP contribution in [0.5, 0.6) is 0 Å². The van der Waals surface area contributed by atoms with Crippen molar-refractivity contribution in [3.8, 4) is 0 Å². The third kappa shape index (κ3) is 2.53. The predicted molar refractivity (Wildman–Crippen MR) is 70.8 cm³/mol. The minimum atomic E-state index is -0.582. The highest BCUT2D eigenvalue weighted by Crippen LogP contribution is 2.32. The fourth-order valence-electron chi connectivity index (χ4n) is 2.12. The number of carbonyl (C=O) groups is 1. The Morgan fingerprint density at radius 2 is 2.29 bits per heavy atom. The van der Waals surface area contributed by atoms with E-state index in [1.807, 2.05) is 30.2 Å². The first-order valence-corrected chi connectivity index (χ1v) is 7.03. The number of hydrogen-bond donors (Lipinski definition) is 1. The van der Waals surface area contributed by atoms with Crippen molar-refractivity contribution in [2.45, 2.75) is 51.2 Å². The first kappa shape index (κ1) is 12.6. The molecule has 0 atom stereocenters. The van der Waals surface area contributed by atoms with E-state index in [9.17, 15) is 4.79 Å². The summed E-state index contributed by atoms with van der Waals surface area (Å²) in [5, 5.41) is 2.04. The lowest BCUT2D eigenvalue weighted by atomic mass is 9.76. The fraction of sp³-hybridized carbons (Fsp3) is 0.615. The van der Waals surface area contributed by atoms with E-state index in [1.165, 1.54) is 4.88 Å². The molecule has 0 bridgehead atoms. The summed E-state index contributed by atoms with van der Waals surface area (Å²) < 4.78 is 0. The quantitative estimate of drug-likeness (QED) is 0.894. The van der Waals surface area contributed by atoms with Crippen LogP contribution in [0.3, 0.4) is 0 Å². The Morgan fingerprint density at radius 3 is 2.71 bits per heavy atom. The highest BCUT2D eigenvalue weighted by molar-refractivity contribution is 7.09. The summed E-state index contributed by atoms with van der Waals surface area (Å²) in [4.78, 5) is 15.5. The number of hydrogen-bond acceptors (Lipinski definition) is 3. The molecule has 2 N–H and O–H groups in total. The zero-order valence-corrected chi connectivity index (χ0v) is 11.3. The second-order valence-corrected chi connectivity index (χ2v) is 6.15. The molecule has 0 spiro atoms. The van der Waals surface area contributed by atoms with Crippen LogP contribution in [0.15, 0.2) is 17.5 Å². The van der Waals surface area contributed by atoms with Crippen molar-refractivity contribution in [1.82, 2.24) is 4.90 Å². The third-order valence-corrected chi connectivity index (χ3v) is 4.32. The second-order valence-electron chi connectivity index (χ2n) is 5.12.